The van der Waals surface area contributed by atoms with Gasteiger partial charge in [0.05, 0.1) is 6.04 Å². The Balaban J connectivity index is 2.39. The summed E-state index contributed by atoms with van der Waals surface area (Å²) in [7, 11) is 0. The van der Waals surface area contributed by atoms with Crippen LogP contribution in [0.25, 0.3) is 0 Å². The fourth-order valence-electron chi connectivity index (χ4n) is 2.53. The van der Waals surface area contributed by atoms with Crippen molar-refractivity contribution in [1.82, 2.24) is 5.32 Å². The second-order valence-electron chi connectivity index (χ2n) is 5.61. The van der Waals surface area contributed by atoms with Crippen LogP contribution in [-0.2, 0) is 4.79 Å². The van der Waals surface area contributed by atoms with Gasteiger partial charge in [-0.1, -0.05) is 11.6 Å². The maximum Gasteiger partial charge on any atom is 0.243 e. The quantitative estimate of drug-likeness (QED) is 0.848. The van der Waals surface area contributed by atoms with E-state index in [0.29, 0.717) is 11.6 Å². The van der Waals surface area contributed by atoms with Crippen LogP contribution >= 0.6 is 11.6 Å². The van der Waals surface area contributed by atoms with Crippen molar-refractivity contribution >= 4 is 23.2 Å². The maximum atomic E-state index is 12.3. The Morgan fingerprint density at radius 2 is 2.11 bits per heavy atom. The molecule has 0 spiro atoms. The van der Waals surface area contributed by atoms with E-state index in [9.17, 15) is 4.79 Å². The molecule has 1 aliphatic rings. The van der Waals surface area contributed by atoms with Crippen LogP contribution < -0.4 is 10.2 Å². The van der Waals surface area contributed by atoms with Crippen molar-refractivity contribution in [2.75, 3.05) is 11.4 Å². The van der Waals surface area contributed by atoms with Gasteiger partial charge in [0.2, 0.25) is 5.91 Å². The van der Waals surface area contributed by atoms with Gasteiger partial charge in [0.15, 0.2) is 0 Å². The highest BCUT2D eigenvalue weighted by Crippen LogP contribution is 2.27. The smallest absolute Gasteiger partial charge is 0.243 e. The first kappa shape index (κ1) is 13.4. The number of amides is 1. The first-order chi connectivity index (χ1) is 8.30. The summed E-state index contributed by atoms with van der Waals surface area (Å²) in [6.45, 7) is 8.76. The number of benzene rings is 1. The maximum absolute atomic E-state index is 12.3. The molecule has 0 bridgehead atoms. The van der Waals surface area contributed by atoms with E-state index in [1.807, 2.05) is 36.9 Å². The Hall–Kier alpha value is -1.06. The second kappa shape index (κ2) is 4.56. The van der Waals surface area contributed by atoms with Crippen LogP contribution in [0.4, 0.5) is 5.69 Å². The first-order valence-corrected chi connectivity index (χ1v) is 6.53. The lowest BCUT2D eigenvalue weighted by Crippen LogP contribution is -2.64. The standard InChI is InChI=1S/C14H19ClN2O/c1-9-7-11(15)5-6-12(9)17-8-14(3,4)16-10(2)13(17)18/h5-7,10,16H,8H2,1-4H3. The highest BCUT2D eigenvalue weighted by molar-refractivity contribution is 6.30. The van der Waals surface area contributed by atoms with Gasteiger partial charge < -0.3 is 4.90 Å². The zero-order valence-electron chi connectivity index (χ0n) is 11.2. The lowest BCUT2D eigenvalue weighted by molar-refractivity contribution is -0.122. The minimum absolute atomic E-state index is 0.0839. The topological polar surface area (TPSA) is 32.3 Å². The zero-order chi connectivity index (χ0) is 13.5. The summed E-state index contributed by atoms with van der Waals surface area (Å²) in [5, 5.41) is 4.02. The van der Waals surface area contributed by atoms with Crippen LogP contribution in [0.3, 0.4) is 0 Å². The molecule has 0 radical (unpaired) electrons. The summed E-state index contributed by atoms with van der Waals surface area (Å²) in [6, 6.07) is 5.48. The average molecular weight is 267 g/mol. The number of rotatable bonds is 1. The molecule has 1 N–H and O–H groups in total. The number of piperazine rings is 1. The minimum Gasteiger partial charge on any atom is -0.309 e. The number of halogens is 1. The molecule has 1 unspecified atom stereocenters. The molecule has 0 aromatic heterocycles. The van der Waals surface area contributed by atoms with E-state index in [4.69, 9.17) is 11.6 Å². The third-order valence-electron chi connectivity index (χ3n) is 3.25. The number of hydrogen-bond donors (Lipinski definition) is 1. The molecule has 2 rings (SSSR count). The molecular weight excluding hydrogens is 248 g/mol. The van der Waals surface area contributed by atoms with Gasteiger partial charge in [0, 0.05) is 22.8 Å². The normalized spacial score (nSPS) is 23.3. The van der Waals surface area contributed by atoms with E-state index in [-0.39, 0.29) is 17.5 Å². The van der Waals surface area contributed by atoms with E-state index < -0.39 is 0 Å². The third kappa shape index (κ3) is 2.52. The number of carbonyl (C=O) groups excluding carboxylic acids is 1. The van der Waals surface area contributed by atoms with E-state index in [1.54, 1.807) is 0 Å². The first-order valence-electron chi connectivity index (χ1n) is 6.15. The number of anilines is 1. The summed E-state index contributed by atoms with van der Waals surface area (Å²) >= 11 is 5.96. The molecule has 1 heterocycles. The van der Waals surface area contributed by atoms with Crippen LogP contribution in [0.2, 0.25) is 5.02 Å². The molecule has 4 heteroatoms. The van der Waals surface area contributed by atoms with E-state index in [2.05, 4.69) is 19.2 Å². The van der Waals surface area contributed by atoms with Gasteiger partial charge in [-0.15, -0.1) is 0 Å². The van der Waals surface area contributed by atoms with Crippen molar-refractivity contribution in [1.29, 1.82) is 0 Å². The van der Waals surface area contributed by atoms with Gasteiger partial charge in [0.1, 0.15) is 0 Å². The molecule has 3 nitrogen and oxygen atoms in total. The molecule has 1 aromatic rings. The van der Waals surface area contributed by atoms with Crippen molar-refractivity contribution < 1.29 is 4.79 Å². The van der Waals surface area contributed by atoms with Crippen LogP contribution in [-0.4, -0.2) is 24.0 Å². The number of nitrogens with zero attached hydrogens (tertiary/aromatic N) is 1. The highest BCUT2D eigenvalue weighted by Gasteiger charge is 2.36. The lowest BCUT2D eigenvalue weighted by Gasteiger charge is -2.42. The lowest BCUT2D eigenvalue weighted by atomic mass is 9.97. The molecule has 0 aliphatic carbocycles. The average Bonchev–Trinajstić information content (AvgIpc) is 2.23. The Bertz CT molecular complexity index is 485. The summed E-state index contributed by atoms with van der Waals surface area (Å²) in [4.78, 5) is 14.1. The van der Waals surface area contributed by atoms with Gasteiger partial charge in [-0.05, 0) is 51.5 Å². The fraction of sp³-hybridized carbons (Fsp3) is 0.500. The molecule has 1 fully saturated rings. The summed E-state index contributed by atoms with van der Waals surface area (Å²) in [5.74, 6) is 0.111. The van der Waals surface area contributed by atoms with E-state index >= 15 is 0 Å². The molecule has 0 saturated carbocycles. The monoisotopic (exact) mass is 266 g/mol. The molecule has 1 amide bonds. The van der Waals surface area contributed by atoms with Crippen molar-refractivity contribution in [3.05, 3.63) is 28.8 Å². The Morgan fingerprint density at radius 3 is 2.72 bits per heavy atom. The molecule has 18 heavy (non-hydrogen) atoms. The molecule has 1 aliphatic heterocycles. The van der Waals surface area contributed by atoms with Crippen LogP contribution in [0, 0.1) is 6.92 Å². The summed E-state index contributed by atoms with van der Waals surface area (Å²) in [5.41, 5.74) is 1.89. The number of nitrogens with one attached hydrogen (secondary N) is 1. The van der Waals surface area contributed by atoms with Gasteiger partial charge in [-0.2, -0.15) is 0 Å². The Morgan fingerprint density at radius 1 is 1.44 bits per heavy atom. The molecule has 1 atom stereocenters. The van der Waals surface area contributed by atoms with E-state index in [1.165, 1.54) is 0 Å². The van der Waals surface area contributed by atoms with Crippen molar-refractivity contribution in [3.63, 3.8) is 0 Å². The summed E-state index contributed by atoms with van der Waals surface area (Å²) < 4.78 is 0. The number of carbonyl (C=O) groups is 1. The van der Waals surface area contributed by atoms with Crippen LogP contribution in [0.15, 0.2) is 18.2 Å². The van der Waals surface area contributed by atoms with Crippen molar-refractivity contribution in [2.24, 2.45) is 0 Å². The third-order valence-corrected chi connectivity index (χ3v) is 3.48. The van der Waals surface area contributed by atoms with Crippen LogP contribution in [0.5, 0.6) is 0 Å². The second-order valence-corrected chi connectivity index (χ2v) is 6.04. The van der Waals surface area contributed by atoms with Gasteiger partial charge >= 0.3 is 0 Å². The zero-order valence-corrected chi connectivity index (χ0v) is 12.0. The SMILES string of the molecule is Cc1cc(Cl)ccc1N1CC(C)(C)NC(C)C1=O. The Labute approximate surface area is 113 Å². The van der Waals surface area contributed by atoms with Gasteiger partial charge in [-0.25, -0.2) is 0 Å². The summed E-state index contributed by atoms with van der Waals surface area (Å²) in [6.07, 6.45) is 0. The molecule has 1 aromatic carbocycles. The van der Waals surface area contributed by atoms with Gasteiger partial charge in [0.25, 0.3) is 0 Å². The molecular formula is C14H19ClN2O. The van der Waals surface area contributed by atoms with E-state index in [0.717, 1.165) is 11.3 Å². The highest BCUT2D eigenvalue weighted by atomic mass is 35.5. The van der Waals surface area contributed by atoms with Crippen molar-refractivity contribution in [3.8, 4) is 0 Å². The van der Waals surface area contributed by atoms with Gasteiger partial charge in [-0.3, -0.25) is 10.1 Å². The van der Waals surface area contributed by atoms with Crippen LogP contribution in [0.1, 0.15) is 26.3 Å². The molecule has 1 saturated heterocycles. The number of aryl methyl sites for hydroxylation is 1. The number of hydrogen-bond acceptors (Lipinski definition) is 2. The predicted molar refractivity (Wildman–Crippen MR) is 75.2 cm³/mol. The fourth-order valence-corrected chi connectivity index (χ4v) is 2.75. The Kier molecular flexibility index (Phi) is 3.39. The largest absolute Gasteiger partial charge is 0.309 e. The predicted octanol–water partition coefficient (Wildman–Crippen LogP) is 2.75. The van der Waals surface area contributed by atoms with Crippen molar-refractivity contribution in [2.45, 2.75) is 39.3 Å². The minimum atomic E-state index is -0.163. The molecule has 98 valence electrons.